The Bertz CT molecular complexity index is 453. The number of benzene rings is 1. The van der Waals surface area contributed by atoms with Gasteiger partial charge in [-0.25, -0.2) is 4.98 Å². The minimum absolute atomic E-state index is 0. The number of aromatic amines is 1. The van der Waals surface area contributed by atoms with E-state index in [-0.39, 0.29) is 22.8 Å². The number of hydrogen-bond donors (Lipinski definition) is 1. The summed E-state index contributed by atoms with van der Waals surface area (Å²) in [6.45, 7) is 0. The van der Waals surface area contributed by atoms with E-state index < -0.39 is 0 Å². The molecule has 0 aliphatic carbocycles. The highest BCUT2D eigenvalue weighted by molar-refractivity contribution is 9.09. The van der Waals surface area contributed by atoms with E-state index >= 15 is 0 Å². The number of carbonyl (C=O) groups is 1. The predicted octanol–water partition coefficient (Wildman–Crippen LogP) is 2.72. The SMILES string of the molecule is Br.O=C(CBr)c1ccc2nc[nH]c2c1. The molecule has 0 saturated carbocycles. The molecule has 0 atom stereocenters. The van der Waals surface area contributed by atoms with Crippen molar-refractivity contribution in [1.82, 2.24) is 9.97 Å². The van der Waals surface area contributed by atoms with E-state index in [1.165, 1.54) is 0 Å². The Labute approximate surface area is 99.8 Å². The molecule has 1 heterocycles. The number of halogens is 2. The molecule has 14 heavy (non-hydrogen) atoms. The Balaban J connectivity index is 0.000000980. The molecular weight excluding hydrogens is 312 g/mol. The van der Waals surface area contributed by atoms with Crippen LogP contribution in [0.4, 0.5) is 0 Å². The molecule has 0 aliphatic rings. The van der Waals surface area contributed by atoms with Crippen molar-refractivity contribution in [2.45, 2.75) is 0 Å². The van der Waals surface area contributed by atoms with Crippen molar-refractivity contribution in [2.24, 2.45) is 0 Å². The molecule has 0 saturated heterocycles. The van der Waals surface area contributed by atoms with Crippen LogP contribution in [0.25, 0.3) is 11.0 Å². The number of nitrogens with one attached hydrogen (secondary N) is 1. The van der Waals surface area contributed by atoms with Gasteiger partial charge in [0, 0.05) is 5.56 Å². The molecule has 2 rings (SSSR count). The molecule has 1 N–H and O–H groups in total. The monoisotopic (exact) mass is 318 g/mol. The molecule has 2 aromatic rings. The van der Waals surface area contributed by atoms with Crippen LogP contribution < -0.4 is 0 Å². The fourth-order valence-electron chi connectivity index (χ4n) is 1.19. The molecule has 0 radical (unpaired) electrons. The average molecular weight is 320 g/mol. The van der Waals surface area contributed by atoms with Gasteiger partial charge in [-0.1, -0.05) is 15.9 Å². The lowest BCUT2D eigenvalue weighted by Crippen LogP contribution is -1.98. The van der Waals surface area contributed by atoms with Crippen molar-refractivity contribution < 1.29 is 4.79 Å². The molecular formula is C9H8Br2N2O. The Hall–Kier alpha value is -0.680. The van der Waals surface area contributed by atoms with Crippen LogP contribution in [0.3, 0.4) is 0 Å². The molecule has 0 unspecified atom stereocenters. The fraction of sp³-hybridized carbons (Fsp3) is 0.111. The summed E-state index contributed by atoms with van der Waals surface area (Å²) in [6, 6.07) is 5.43. The molecule has 1 aromatic carbocycles. The smallest absolute Gasteiger partial charge is 0.173 e. The van der Waals surface area contributed by atoms with Crippen LogP contribution in [-0.2, 0) is 0 Å². The minimum atomic E-state index is 0. The summed E-state index contributed by atoms with van der Waals surface area (Å²) in [6.07, 6.45) is 1.62. The minimum Gasteiger partial charge on any atom is -0.345 e. The number of fused-ring (bicyclic) bond motifs is 1. The maximum Gasteiger partial charge on any atom is 0.173 e. The number of H-pyrrole nitrogens is 1. The van der Waals surface area contributed by atoms with Crippen molar-refractivity contribution in [3.05, 3.63) is 30.1 Å². The number of alkyl halides is 1. The van der Waals surface area contributed by atoms with E-state index in [0.29, 0.717) is 10.9 Å². The van der Waals surface area contributed by atoms with Gasteiger partial charge in [0.15, 0.2) is 5.78 Å². The van der Waals surface area contributed by atoms with Gasteiger partial charge in [-0.15, -0.1) is 17.0 Å². The highest BCUT2D eigenvalue weighted by Gasteiger charge is 2.04. The van der Waals surface area contributed by atoms with Crippen LogP contribution in [0.1, 0.15) is 10.4 Å². The van der Waals surface area contributed by atoms with Gasteiger partial charge in [-0.2, -0.15) is 0 Å². The number of nitrogens with zero attached hydrogens (tertiary/aromatic N) is 1. The van der Waals surface area contributed by atoms with Crippen LogP contribution >= 0.6 is 32.9 Å². The first-order chi connectivity index (χ1) is 6.31. The zero-order valence-corrected chi connectivity index (χ0v) is 10.5. The van der Waals surface area contributed by atoms with Crippen molar-refractivity contribution >= 4 is 49.7 Å². The van der Waals surface area contributed by atoms with Gasteiger partial charge in [-0.05, 0) is 18.2 Å². The van der Waals surface area contributed by atoms with Gasteiger partial charge < -0.3 is 4.98 Å². The van der Waals surface area contributed by atoms with Crippen molar-refractivity contribution in [2.75, 3.05) is 5.33 Å². The summed E-state index contributed by atoms with van der Waals surface area (Å²) in [5.74, 6) is 0.0801. The van der Waals surface area contributed by atoms with E-state index in [9.17, 15) is 4.79 Å². The van der Waals surface area contributed by atoms with Crippen LogP contribution in [0, 0.1) is 0 Å². The van der Waals surface area contributed by atoms with Crippen LogP contribution in [0.2, 0.25) is 0 Å². The highest BCUT2D eigenvalue weighted by atomic mass is 79.9. The number of hydrogen-bond acceptors (Lipinski definition) is 2. The lowest BCUT2D eigenvalue weighted by molar-refractivity contribution is 0.102. The van der Waals surface area contributed by atoms with Crippen molar-refractivity contribution in [1.29, 1.82) is 0 Å². The average Bonchev–Trinajstić information content (AvgIpc) is 2.63. The lowest BCUT2D eigenvalue weighted by Gasteiger charge is -1.95. The van der Waals surface area contributed by atoms with Crippen LogP contribution in [-0.4, -0.2) is 21.1 Å². The molecule has 3 nitrogen and oxygen atoms in total. The van der Waals surface area contributed by atoms with Crippen molar-refractivity contribution in [3.8, 4) is 0 Å². The molecule has 1 aromatic heterocycles. The summed E-state index contributed by atoms with van der Waals surface area (Å²) in [5.41, 5.74) is 2.48. The number of Topliss-reactive ketones (excluding diaryl/α,β-unsaturated/α-hetero) is 1. The number of ketones is 1. The van der Waals surface area contributed by atoms with E-state index in [1.807, 2.05) is 12.1 Å². The maximum atomic E-state index is 11.3. The van der Waals surface area contributed by atoms with E-state index in [4.69, 9.17) is 0 Å². The van der Waals surface area contributed by atoms with Gasteiger partial charge >= 0.3 is 0 Å². The Kier molecular flexibility index (Phi) is 3.83. The summed E-state index contributed by atoms with van der Waals surface area (Å²) >= 11 is 3.13. The Morgan fingerprint density at radius 2 is 2.29 bits per heavy atom. The van der Waals surface area contributed by atoms with Crippen LogP contribution in [0.15, 0.2) is 24.5 Å². The van der Waals surface area contributed by atoms with Crippen LogP contribution in [0.5, 0.6) is 0 Å². The summed E-state index contributed by atoms with van der Waals surface area (Å²) in [4.78, 5) is 18.3. The first-order valence-corrected chi connectivity index (χ1v) is 4.95. The zero-order chi connectivity index (χ0) is 9.26. The first kappa shape index (κ1) is 11.4. The molecule has 0 spiro atoms. The normalized spacial score (nSPS) is 9.79. The Morgan fingerprint density at radius 3 is 3.00 bits per heavy atom. The number of imidazole rings is 1. The second kappa shape index (κ2) is 4.70. The maximum absolute atomic E-state index is 11.3. The summed E-state index contributed by atoms with van der Waals surface area (Å²) in [7, 11) is 0. The number of carbonyl (C=O) groups excluding carboxylic acids is 1. The van der Waals surface area contributed by atoms with Gasteiger partial charge in [0.2, 0.25) is 0 Å². The Morgan fingerprint density at radius 1 is 1.50 bits per heavy atom. The largest absolute Gasteiger partial charge is 0.345 e. The van der Waals surface area contributed by atoms with E-state index in [0.717, 1.165) is 11.0 Å². The number of rotatable bonds is 2. The van der Waals surface area contributed by atoms with Gasteiger partial charge in [-0.3, -0.25) is 4.79 Å². The second-order valence-corrected chi connectivity index (χ2v) is 3.25. The van der Waals surface area contributed by atoms with Gasteiger partial charge in [0.1, 0.15) is 0 Å². The summed E-state index contributed by atoms with van der Waals surface area (Å²) in [5, 5.41) is 0.354. The van der Waals surface area contributed by atoms with Gasteiger partial charge in [0.25, 0.3) is 0 Å². The first-order valence-electron chi connectivity index (χ1n) is 3.83. The summed E-state index contributed by atoms with van der Waals surface area (Å²) < 4.78 is 0. The molecule has 0 bridgehead atoms. The topological polar surface area (TPSA) is 45.8 Å². The molecule has 74 valence electrons. The molecule has 0 aliphatic heterocycles. The third-order valence-electron chi connectivity index (χ3n) is 1.86. The third-order valence-corrected chi connectivity index (χ3v) is 2.37. The standard InChI is InChI=1S/C9H7BrN2O.BrH/c10-4-9(13)6-1-2-7-8(3-6)12-5-11-7;/h1-3,5H,4H2,(H,11,12);1H. The van der Waals surface area contributed by atoms with E-state index in [2.05, 4.69) is 25.9 Å². The predicted molar refractivity (Wildman–Crippen MR) is 64.5 cm³/mol. The van der Waals surface area contributed by atoms with E-state index in [1.54, 1.807) is 12.4 Å². The molecule has 0 fully saturated rings. The third kappa shape index (κ3) is 2.04. The second-order valence-electron chi connectivity index (χ2n) is 2.69. The quantitative estimate of drug-likeness (QED) is 0.683. The highest BCUT2D eigenvalue weighted by Crippen LogP contribution is 2.12. The lowest BCUT2D eigenvalue weighted by atomic mass is 10.1. The number of aromatic nitrogens is 2. The zero-order valence-electron chi connectivity index (χ0n) is 7.16. The van der Waals surface area contributed by atoms with Gasteiger partial charge in [0.05, 0.1) is 22.7 Å². The molecule has 0 amide bonds. The fourth-order valence-corrected chi connectivity index (χ4v) is 1.51. The van der Waals surface area contributed by atoms with Crippen molar-refractivity contribution in [3.63, 3.8) is 0 Å². The molecule has 5 heteroatoms.